The third kappa shape index (κ3) is 2.35. The molecule has 3 N–H and O–H groups in total. The van der Waals surface area contributed by atoms with Gasteiger partial charge in [-0.05, 0) is 37.6 Å². The lowest BCUT2D eigenvalue weighted by Gasteiger charge is -2.05. The van der Waals surface area contributed by atoms with E-state index in [9.17, 15) is 9.59 Å². The van der Waals surface area contributed by atoms with Crippen LogP contribution in [0.15, 0.2) is 29.0 Å². The van der Waals surface area contributed by atoms with E-state index in [-0.39, 0.29) is 5.91 Å². The lowest BCUT2D eigenvalue weighted by molar-refractivity contribution is 0.100. The molecule has 0 aliphatic heterocycles. The largest absolute Gasteiger partial charge is 0.443 e. The van der Waals surface area contributed by atoms with Gasteiger partial charge in [0.1, 0.15) is 10.5 Å². The lowest BCUT2D eigenvalue weighted by atomic mass is 10.1. The Morgan fingerprint density at radius 1 is 1.32 bits per heavy atom. The minimum absolute atomic E-state index is 0.325. The number of hydrogen-bond donors (Lipinski definition) is 2. The summed E-state index contributed by atoms with van der Waals surface area (Å²) in [6.45, 7) is 3.69. The van der Waals surface area contributed by atoms with E-state index in [0.29, 0.717) is 27.2 Å². The number of aryl methyl sites for hydroxylation is 1. The van der Waals surface area contributed by atoms with Crippen molar-refractivity contribution < 1.29 is 14.0 Å². The number of rotatable bonds is 3. The number of nitrogens with two attached hydrogens (primary N) is 1. The Balaban J connectivity index is 1.94. The smallest absolute Gasteiger partial charge is 0.256 e. The second-order valence-electron chi connectivity index (χ2n) is 4.84. The fourth-order valence-corrected chi connectivity index (χ4v) is 3.25. The first-order valence-corrected chi connectivity index (χ1v) is 7.33. The van der Waals surface area contributed by atoms with E-state index < -0.39 is 5.91 Å². The number of fused-ring (bicyclic) bond motifs is 1. The second kappa shape index (κ2) is 5.27. The van der Waals surface area contributed by atoms with Crippen LogP contribution in [0.3, 0.4) is 0 Å². The third-order valence-corrected chi connectivity index (χ3v) is 4.57. The molecule has 7 heteroatoms. The summed E-state index contributed by atoms with van der Waals surface area (Å²) in [5.41, 5.74) is 8.19. The Morgan fingerprint density at radius 2 is 2.09 bits per heavy atom. The topological polar surface area (TPSA) is 98.2 Å². The van der Waals surface area contributed by atoms with Gasteiger partial charge in [0.05, 0.1) is 5.56 Å². The zero-order valence-electron chi connectivity index (χ0n) is 12.0. The molecule has 0 aliphatic carbocycles. The van der Waals surface area contributed by atoms with E-state index >= 15 is 0 Å². The highest BCUT2D eigenvalue weighted by atomic mass is 32.1. The van der Waals surface area contributed by atoms with Crippen LogP contribution in [0.2, 0.25) is 0 Å². The molecule has 2 amide bonds. The summed E-state index contributed by atoms with van der Waals surface area (Å²) in [6, 6.07) is 4.95. The molecule has 2 aromatic heterocycles. The maximum Gasteiger partial charge on any atom is 0.256 e. The number of thiophene rings is 1. The van der Waals surface area contributed by atoms with E-state index in [1.54, 1.807) is 18.2 Å². The normalized spacial score (nSPS) is 10.8. The number of nitrogens with zero attached hydrogens (tertiary/aromatic N) is 1. The molecule has 0 aliphatic rings. The highest BCUT2D eigenvalue weighted by Crippen LogP contribution is 2.32. The van der Waals surface area contributed by atoms with Crippen LogP contribution in [-0.4, -0.2) is 16.8 Å². The fraction of sp³-hybridized carbons (Fsp3) is 0.133. The quantitative estimate of drug-likeness (QED) is 0.776. The number of hydrogen-bond acceptors (Lipinski definition) is 5. The first kappa shape index (κ1) is 14.3. The SMILES string of the molecule is Cc1sc(NC(=O)c2ccc3ocnc3c2)c(C(N)=O)c1C. The molecule has 0 saturated carbocycles. The molecular weight excluding hydrogens is 302 g/mol. The number of aromatic nitrogens is 1. The van der Waals surface area contributed by atoms with E-state index in [4.69, 9.17) is 10.2 Å². The van der Waals surface area contributed by atoms with Gasteiger partial charge in [-0.15, -0.1) is 11.3 Å². The maximum absolute atomic E-state index is 12.4. The Morgan fingerprint density at radius 3 is 2.82 bits per heavy atom. The van der Waals surface area contributed by atoms with Gasteiger partial charge in [-0.3, -0.25) is 9.59 Å². The summed E-state index contributed by atoms with van der Waals surface area (Å²) in [4.78, 5) is 28.9. The van der Waals surface area contributed by atoms with Crippen LogP contribution in [0, 0.1) is 13.8 Å². The van der Waals surface area contributed by atoms with Gasteiger partial charge in [-0.1, -0.05) is 0 Å². The van der Waals surface area contributed by atoms with Crippen molar-refractivity contribution in [3.8, 4) is 0 Å². The molecule has 3 aromatic rings. The summed E-state index contributed by atoms with van der Waals surface area (Å²) in [7, 11) is 0. The molecule has 6 nitrogen and oxygen atoms in total. The molecule has 1 aromatic carbocycles. The van der Waals surface area contributed by atoms with Gasteiger partial charge in [-0.25, -0.2) is 4.98 Å². The van der Waals surface area contributed by atoms with Crippen LogP contribution in [0.5, 0.6) is 0 Å². The van der Waals surface area contributed by atoms with Crippen LogP contribution >= 0.6 is 11.3 Å². The Hall–Kier alpha value is -2.67. The minimum atomic E-state index is -0.552. The van der Waals surface area contributed by atoms with Crippen molar-refractivity contribution >= 4 is 39.3 Å². The molecule has 3 rings (SSSR count). The Labute approximate surface area is 129 Å². The van der Waals surface area contributed by atoms with E-state index in [1.165, 1.54) is 17.7 Å². The predicted octanol–water partition coefficient (Wildman–Crippen LogP) is 2.86. The van der Waals surface area contributed by atoms with Crippen LogP contribution < -0.4 is 11.1 Å². The van der Waals surface area contributed by atoms with Gasteiger partial charge in [-0.2, -0.15) is 0 Å². The summed E-state index contributed by atoms with van der Waals surface area (Å²) in [6.07, 6.45) is 1.32. The molecule has 2 heterocycles. The number of benzene rings is 1. The summed E-state index contributed by atoms with van der Waals surface area (Å²) < 4.78 is 5.14. The molecular formula is C15H13N3O3S. The molecule has 0 unspecified atom stereocenters. The van der Waals surface area contributed by atoms with Gasteiger partial charge < -0.3 is 15.5 Å². The standard InChI is InChI=1S/C15H13N3O3S/c1-7-8(2)22-15(12(7)13(16)19)18-14(20)9-3-4-11-10(5-9)17-6-21-11/h3-6H,1-2H3,(H2,16,19)(H,18,20). The summed E-state index contributed by atoms with van der Waals surface area (Å²) in [5, 5.41) is 3.21. The van der Waals surface area contributed by atoms with E-state index in [0.717, 1.165) is 10.4 Å². The summed E-state index contributed by atoms with van der Waals surface area (Å²) >= 11 is 1.33. The second-order valence-corrected chi connectivity index (χ2v) is 6.07. The third-order valence-electron chi connectivity index (χ3n) is 3.45. The zero-order valence-corrected chi connectivity index (χ0v) is 12.8. The van der Waals surface area contributed by atoms with Crippen molar-refractivity contribution in [1.29, 1.82) is 0 Å². The number of carbonyl (C=O) groups excluding carboxylic acids is 2. The number of nitrogens with one attached hydrogen (secondary N) is 1. The van der Waals surface area contributed by atoms with Crippen molar-refractivity contribution in [1.82, 2.24) is 4.98 Å². The number of primary amides is 1. The fourth-order valence-electron chi connectivity index (χ4n) is 2.19. The van der Waals surface area contributed by atoms with Gasteiger partial charge in [0.25, 0.3) is 11.8 Å². The number of anilines is 1. The van der Waals surface area contributed by atoms with Crippen molar-refractivity contribution in [3.05, 3.63) is 46.2 Å². The molecule has 0 bridgehead atoms. The van der Waals surface area contributed by atoms with Crippen LogP contribution in [0.25, 0.3) is 11.1 Å². The molecule has 0 spiro atoms. The zero-order chi connectivity index (χ0) is 15.9. The monoisotopic (exact) mass is 315 g/mol. The lowest BCUT2D eigenvalue weighted by Crippen LogP contribution is -2.17. The van der Waals surface area contributed by atoms with Crippen LogP contribution in [0.4, 0.5) is 5.00 Å². The molecule has 0 saturated heterocycles. The van der Waals surface area contributed by atoms with Crippen molar-refractivity contribution in [2.45, 2.75) is 13.8 Å². The molecule has 0 radical (unpaired) electrons. The average Bonchev–Trinajstić information content (AvgIpc) is 3.03. The Bertz CT molecular complexity index is 895. The summed E-state index contributed by atoms with van der Waals surface area (Å²) in [5.74, 6) is -0.877. The molecule has 112 valence electrons. The maximum atomic E-state index is 12.4. The van der Waals surface area contributed by atoms with Gasteiger partial charge in [0, 0.05) is 10.4 Å². The number of oxazole rings is 1. The number of amides is 2. The minimum Gasteiger partial charge on any atom is -0.443 e. The number of carbonyl (C=O) groups is 2. The van der Waals surface area contributed by atoms with Crippen molar-refractivity contribution in [2.24, 2.45) is 5.73 Å². The van der Waals surface area contributed by atoms with Crippen molar-refractivity contribution in [2.75, 3.05) is 5.32 Å². The van der Waals surface area contributed by atoms with E-state index in [2.05, 4.69) is 10.3 Å². The van der Waals surface area contributed by atoms with Crippen molar-refractivity contribution in [3.63, 3.8) is 0 Å². The molecule has 0 atom stereocenters. The van der Waals surface area contributed by atoms with Gasteiger partial charge in [0.2, 0.25) is 0 Å². The highest BCUT2D eigenvalue weighted by Gasteiger charge is 2.19. The Kier molecular flexibility index (Phi) is 3.42. The van der Waals surface area contributed by atoms with Crippen LogP contribution in [0.1, 0.15) is 31.2 Å². The molecule has 22 heavy (non-hydrogen) atoms. The van der Waals surface area contributed by atoms with E-state index in [1.807, 2.05) is 13.8 Å². The van der Waals surface area contributed by atoms with Gasteiger partial charge in [0.15, 0.2) is 12.0 Å². The first-order chi connectivity index (χ1) is 10.5. The van der Waals surface area contributed by atoms with Gasteiger partial charge >= 0.3 is 0 Å². The van der Waals surface area contributed by atoms with Crippen LogP contribution in [-0.2, 0) is 0 Å². The molecule has 0 fully saturated rings. The highest BCUT2D eigenvalue weighted by molar-refractivity contribution is 7.16. The average molecular weight is 315 g/mol. The predicted molar refractivity (Wildman–Crippen MR) is 84.3 cm³/mol. The first-order valence-electron chi connectivity index (χ1n) is 6.51.